The first-order chi connectivity index (χ1) is 5.93. The number of nitrogens with one attached hydrogen (secondary N) is 1. The van der Waals surface area contributed by atoms with Gasteiger partial charge in [-0.3, -0.25) is 9.59 Å². The van der Waals surface area contributed by atoms with Gasteiger partial charge in [0, 0.05) is 13.1 Å². The molecule has 0 saturated heterocycles. The molecule has 0 radical (unpaired) electrons. The normalized spacial score (nSPS) is 8.54. The fraction of sp³-hybridized carbons (Fsp3) is 0.143. The fourth-order valence-electron chi connectivity index (χ4n) is 0.432. The zero-order chi connectivity index (χ0) is 10.4. The summed E-state index contributed by atoms with van der Waals surface area (Å²) in [7, 11) is 0. The predicted octanol–water partition coefficient (Wildman–Crippen LogP) is 1.77. The largest absolute Gasteiger partial charge is 0.481 e. The van der Waals surface area contributed by atoms with E-state index in [2.05, 4.69) is 4.98 Å². The van der Waals surface area contributed by atoms with Gasteiger partial charge < -0.3 is 10.1 Å². The van der Waals surface area contributed by atoms with Crippen LogP contribution in [0.3, 0.4) is 0 Å². The molecule has 0 spiro atoms. The highest BCUT2D eigenvalue weighted by molar-refractivity contribution is 6.34. The molecule has 0 unspecified atom stereocenters. The number of H-pyrrole nitrogens is 1. The number of halogens is 2. The van der Waals surface area contributed by atoms with Crippen molar-refractivity contribution in [2.45, 2.75) is 6.92 Å². The van der Waals surface area contributed by atoms with Crippen LogP contribution in [0, 0.1) is 0 Å². The number of hydrogen-bond donors (Lipinski definition) is 2. The molecule has 0 atom stereocenters. The molecule has 0 saturated carbocycles. The van der Waals surface area contributed by atoms with Gasteiger partial charge in [0.25, 0.3) is 11.5 Å². The third-order valence-electron chi connectivity index (χ3n) is 0.823. The summed E-state index contributed by atoms with van der Waals surface area (Å²) in [6.07, 6.45) is 1.38. The van der Waals surface area contributed by atoms with Crippen LogP contribution in [-0.2, 0) is 4.79 Å². The van der Waals surface area contributed by atoms with Crippen molar-refractivity contribution < 1.29 is 9.90 Å². The Morgan fingerprint density at radius 3 is 2.31 bits per heavy atom. The van der Waals surface area contributed by atoms with Gasteiger partial charge in [0.05, 0.1) is 5.02 Å². The number of pyridine rings is 1. The number of carboxylic acid groups (broad SMARTS) is 1. The summed E-state index contributed by atoms with van der Waals surface area (Å²) in [5.74, 6) is -0.833. The second-order valence-electron chi connectivity index (χ2n) is 2.01. The maximum absolute atomic E-state index is 10.5. The molecular formula is C7H7Cl2NO3. The summed E-state index contributed by atoms with van der Waals surface area (Å²) in [6, 6.07) is 1.39. The molecule has 0 amide bonds. The Bertz CT molecular complexity index is 344. The smallest absolute Gasteiger partial charge is 0.300 e. The number of aromatic nitrogens is 1. The van der Waals surface area contributed by atoms with Crippen molar-refractivity contribution in [2.24, 2.45) is 0 Å². The standard InChI is InChI=1S/C5H3Cl2NO.C2H4O2/c6-3-1-4(7)5(9)8-2-3;1-2(3)4/h1-2H,(H,8,9);1H3,(H,3,4). The van der Waals surface area contributed by atoms with Crippen molar-refractivity contribution in [3.63, 3.8) is 0 Å². The number of hydrogen-bond acceptors (Lipinski definition) is 2. The summed E-state index contributed by atoms with van der Waals surface area (Å²) < 4.78 is 0. The third-order valence-corrected chi connectivity index (χ3v) is 1.32. The maximum atomic E-state index is 10.5. The monoisotopic (exact) mass is 223 g/mol. The summed E-state index contributed by atoms with van der Waals surface area (Å²) >= 11 is 10.8. The molecule has 1 rings (SSSR count). The Balaban J connectivity index is 0.000000310. The fourth-order valence-corrected chi connectivity index (χ4v) is 0.823. The van der Waals surface area contributed by atoms with Gasteiger partial charge in [0.1, 0.15) is 5.02 Å². The van der Waals surface area contributed by atoms with Crippen molar-refractivity contribution in [3.05, 3.63) is 32.7 Å². The van der Waals surface area contributed by atoms with Gasteiger partial charge >= 0.3 is 0 Å². The molecule has 0 bridgehead atoms. The van der Waals surface area contributed by atoms with Crippen molar-refractivity contribution in [1.29, 1.82) is 0 Å². The summed E-state index contributed by atoms with van der Waals surface area (Å²) in [5.41, 5.74) is -0.318. The van der Waals surface area contributed by atoms with Crippen molar-refractivity contribution >= 4 is 29.2 Å². The topological polar surface area (TPSA) is 70.2 Å². The Labute approximate surface area is 84.1 Å². The SMILES string of the molecule is CC(=O)O.O=c1[nH]cc(Cl)cc1Cl. The van der Waals surface area contributed by atoms with Crippen molar-refractivity contribution in [2.75, 3.05) is 0 Å². The molecule has 0 aliphatic rings. The predicted molar refractivity (Wildman–Crippen MR) is 50.4 cm³/mol. The molecule has 1 aromatic heterocycles. The summed E-state index contributed by atoms with van der Waals surface area (Å²) in [4.78, 5) is 21.9. The Morgan fingerprint density at radius 1 is 1.54 bits per heavy atom. The molecule has 72 valence electrons. The molecule has 0 aromatic carbocycles. The summed E-state index contributed by atoms with van der Waals surface area (Å²) in [6.45, 7) is 1.08. The molecule has 0 fully saturated rings. The first-order valence-corrected chi connectivity index (χ1v) is 3.92. The van der Waals surface area contributed by atoms with Crippen LogP contribution in [0.1, 0.15) is 6.92 Å². The number of carboxylic acids is 1. The number of rotatable bonds is 0. The lowest BCUT2D eigenvalue weighted by Crippen LogP contribution is -2.03. The molecule has 6 heteroatoms. The van der Waals surface area contributed by atoms with Gasteiger partial charge in [-0.25, -0.2) is 0 Å². The minimum atomic E-state index is -0.833. The minimum Gasteiger partial charge on any atom is -0.481 e. The lowest BCUT2D eigenvalue weighted by Gasteiger charge is -1.87. The minimum absolute atomic E-state index is 0.113. The van der Waals surface area contributed by atoms with E-state index in [-0.39, 0.29) is 10.6 Å². The van der Waals surface area contributed by atoms with E-state index >= 15 is 0 Å². The van der Waals surface area contributed by atoms with E-state index in [4.69, 9.17) is 33.1 Å². The van der Waals surface area contributed by atoms with Crippen molar-refractivity contribution in [3.8, 4) is 0 Å². The van der Waals surface area contributed by atoms with Crippen LogP contribution in [0.4, 0.5) is 0 Å². The molecule has 0 aliphatic heterocycles. The van der Waals surface area contributed by atoms with Gasteiger partial charge in [-0.15, -0.1) is 0 Å². The van der Waals surface area contributed by atoms with E-state index in [0.29, 0.717) is 5.02 Å². The molecule has 0 aliphatic carbocycles. The van der Waals surface area contributed by atoms with Crippen LogP contribution in [0.15, 0.2) is 17.1 Å². The van der Waals surface area contributed by atoms with Crippen molar-refractivity contribution in [1.82, 2.24) is 4.98 Å². The average Bonchev–Trinajstić information content (AvgIpc) is 1.96. The second kappa shape index (κ2) is 5.61. The van der Waals surface area contributed by atoms with E-state index in [1.54, 1.807) is 0 Å². The van der Waals surface area contributed by atoms with Crippen LogP contribution in [0.2, 0.25) is 10.0 Å². The van der Waals surface area contributed by atoms with Gasteiger partial charge in [0.15, 0.2) is 0 Å². The molecule has 1 heterocycles. The molecule has 4 nitrogen and oxygen atoms in total. The molecule has 13 heavy (non-hydrogen) atoms. The zero-order valence-electron chi connectivity index (χ0n) is 6.67. The Hall–Kier alpha value is -1.000. The van der Waals surface area contributed by atoms with Crippen LogP contribution < -0.4 is 5.56 Å². The highest BCUT2D eigenvalue weighted by atomic mass is 35.5. The third kappa shape index (κ3) is 6.19. The first-order valence-electron chi connectivity index (χ1n) is 3.16. The van der Waals surface area contributed by atoms with Gasteiger partial charge in [-0.2, -0.15) is 0 Å². The number of aromatic amines is 1. The summed E-state index contributed by atoms with van der Waals surface area (Å²) in [5, 5.41) is 7.96. The quantitative estimate of drug-likeness (QED) is 0.705. The van der Waals surface area contributed by atoms with E-state index < -0.39 is 5.97 Å². The lowest BCUT2D eigenvalue weighted by atomic mass is 10.5. The van der Waals surface area contributed by atoms with Crippen LogP contribution in [0.5, 0.6) is 0 Å². The van der Waals surface area contributed by atoms with Gasteiger partial charge in [-0.05, 0) is 6.07 Å². The zero-order valence-corrected chi connectivity index (χ0v) is 8.19. The van der Waals surface area contributed by atoms with E-state index in [9.17, 15) is 4.79 Å². The highest BCUT2D eigenvalue weighted by Gasteiger charge is 1.93. The number of carbonyl (C=O) groups is 1. The van der Waals surface area contributed by atoms with Crippen LogP contribution in [0.25, 0.3) is 0 Å². The molecular weight excluding hydrogens is 217 g/mol. The Morgan fingerprint density at radius 2 is 2.00 bits per heavy atom. The highest BCUT2D eigenvalue weighted by Crippen LogP contribution is 2.08. The second-order valence-corrected chi connectivity index (χ2v) is 2.86. The van der Waals surface area contributed by atoms with Gasteiger partial charge in [-0.1, -0.05) is 23.2 Å². The lowest BCUT2D eigenvalue weighted by molar-refractivity contribution is -0.134. The average molecular weight is 224 g/mol. The van der Waals surface area contributed by atoms with Gasteiger partial charge in [0.2, 0.25) is 0 Å². The molecule has 1 aromatic rings. The van der Waals surface area contributed by atoms with E-state index in [0.717, 1.165) is 6.92 Å². The number of aliphatic carboxylic acids is 1. The van der Waals surface area contributed by atoms with E-state index in [1.807, 2.05) is 0 Å². The first kappa shape index (κ1) is 12.0. The molecule has 2 N–H and O–H groups in total. The maximum Gasteiger partial charge on any atom is 0.300 e. The van der Waals surface area contributed by atoms with Crippen LogP contribution >= 0.6 is 23.2 Å². The van der Waals surface area contributed by atoms with Crippen LogP contribution in [-0.4, -0.2) is 16.1 Å². The van der Waals surface area contributed by atoms with E-state index in [1.165, 1.54) is 12.3 Å². The Kier molecular flexibility index (Phi) is 5.18.